The highest BCUT2D eigenvalue weighted by Crippen LogP contribution is 2.34. The second-order valence-electron chi connectivity index (χ2n) is 7.87. The molecule has 2 aromatic carbocycles. The SMILES string of the molecule is COc1ccc(OC)c([C@@H](CNC(=O)c2cc(-c3ccccc3)on2)N2CCCCC2)c1. The molecule has 0 saturated carbocycles. The quantitative estimate of drug-likeness (QED) is 0.568. The zero-order chi connectivity index (χ0) is 22.3. The maximum absolute atomic E-state index is 12.9. The Morgan fingerprint density at radius 3 is 2.56 bits per heavy atom. The van der Waals surface area contributed by atoms with Gasteiger partial charge in [-0.05, 0) is 44.1 Å². The predicted molar refractivity (Wildman–Crippen MR) is 122 cm³/mol. The molecule has 3 aromatic rings. The van der Waals surface area contributed by atoms with Crippen molar-refractivity contribution in [2.45, 2.75) is 25.3 Å². The topological polar surface area (TPSA) is 76.8 Å². The molecule has 7 heteroatoms. The molecule has 0 spiro atoms. The fourth-order valence-electron chi connectivity index (χ4n) is 4.17. The van der Waals surface area contributed by atoms with Crippen molar-refractivity contribution in [3.8, 4) is 22.8 Å². The first-order valence-corrected chi connectivity index (χ1v) is 11.0. The fraction of sp³-hybridized carbons (Fsp3) is 0.360. The average molecular weight is 436 g/mol. The highest BCUT2D eigenvalue weighted by molar-refractivity contribution is 5.93. The average Bonchev–Trinajstić information content (AvgIpc) is 3.36. The molecule has 0 radical (unpaired) electrons. The second-order valence-corrected chi connectivity index (χ2v) is 7.87. The molecule has 0 bridgehead atoms. The molecule has 4 rings (SSSR count). The molecule has 0 aliphatic carbocycles. The summed E-state index contributed by atoms with van der Waals surface area (Å²) in [5, 5.41) is 7.02. The summed E-state index contributed by atoms with van der Waals surface area (Å²) in [5.41, 5.74) is 2.14. The van der Waals surface area contributed by atoms with Gasteiger partial charge in [0.15, 0.2) is 11.5 Å². The predicted octanol–water partition coefficient (Wildman–Crippen LogP) is 4.32. The molecular weight excluding hydrogens is 406 g/mol. The summed E-state index contributed by atoms with van der Waals surface area (Å²) in [6.07, 6.45) is 3.51. The van der Waals surface area contributed by atoms with E-state index in [1.54, 1.807) is 20.3 Å². The lowest BCUT2D eigenvalue weighted by atomic mass is 10.00. The number of likely N-dealkylation sites (tertiary alicyclic amines) is 1. The largest absolute Gasteiger partial charge is 0.497 e. The van der Waals surface area contributed by atoms with Crippen molar-refractivity contribution >= 4 is 5.91 Å². The first-order chi connectivity index (χ1) is 15.7. The molecular formula is C25H29N3O4. The van der Waals surface area contributed by atoms with Crippen molar-refractivity contribution < 1.29 is 18.8 Å². The number of nitrogens with zero attached hydrogens (tertiary/aromatic N) is 2. The highest BCUT2D eigenvalue weighted by Gasteiger charge is 2.27. The first kappa shape index (κ1) is 21.9. The minimum Gasteiger partial charge on any atom is -0.497 e. The van der Waals surface area contributed by atoms with Gasteiger partial charge in [-0.1, -0.05) is 41.9 Å². The van der Waals surface area contributed by atoms with Crippen LogP contribution >= 0.6 is 0 Å². The lowest BCUT2D eigenvalue weighted by Gasteiger charge is -2.35. The van der Waals surface area contributed by atoms with Gasteiger partial charge < -0.3 is 19.3 Å². The van der Waals surface area contributed by atoms with Crippen LogP contribution in [-0.2, 0) is 0 Å². The van der Waals surface area contributed by atoms with E-state index >= 15 is 0 Å². The summed E-state index contributed by atoms with van der Waals surface area (Å²) in [7, 11) is 3.32. The minimum atomic E-state index is -0.264. The summed E-state index contributed by atoms with van der Waals surface area (Å²) in [5.74, 6) is 1.85. The number of nitrogens with one attached hydrogen (secondary N) is 1. The highest BCUT2D eigenvalue weighted by atomic mass is 16.5. The van der Waals surface area contributed by atoms with Crippen molar-refractivity contribution in [3.63, 3.8) is 0 Å². The van der Waals surface area contributed by atoms with E-state index in [0.29, 0.717) is 12.3 Å². The third-order valence-corrected chi connectivity index (χ3v) is 5.88. The van der Waals surface area contributed by atoms with Crippen LogP contribution in [0.3, 0.4) is 0 Å². The van der Waals surface area contributed by atoms with Crippen LogP contribution in [0.5, 0.6) is 11.5 Å². The van der Waals surface area contributed by atoms with Crippen LogP contribution in [-0.4, -0.2) is 49.8 Å². The molecule has 1 aromatic heterocycles. The Hall–Kier alpha value is -3.32. The molecule has 2 heterocycles. The second kappa shape index (κ2) is 10.3. The van der Waals surface area contributed by atoms with Gasteiger partial charge in [0.05, 0.1) is 20.3 Å². The van der Waals surface area contributed by atoms with Gasteiger partial charge in [-0.3, -0.25) is 9.69 Å². The molecule has 1 saturated heterocycles. The maximum Gasteiger partial charge on any atom is 0.273 e. The van der Waals surface area contributed by atoms with Crippen LogP contribution in [0.1, 0.15) is 41.4 Å². The number of methoxy groups -OCH3 is 2. The van der Waals surface area contributed by atoms with E-state index in [0.717, 1.165) is 48.6 Å². The van der Waals surface area contributed by atoms with E-state index in [-0.39, 0.29) is 17.6 Å². The number of amides is 1. The molecule has 1 N–H and O–H groups in total. The number of ether oxygens (including phenoxy) is 2. The molecule has 1 atom stereocenters. The van der Waals surface area contributed by atoms with Crippen molar-refractivity contribution in [2.24, 2.45) is 0 Å². The van der Waals surface area contributed by atoms with Gasteiger partial charge in [0, 0.05) is 23.7 Å². The lowest BCUT2D eigenvalue weighted by Crippen LogP contribution is -2.40. The zero-order valence-electron chi connectivity index (χ0n) is 18.5. The van der Waals surface area contributed by atoms with Crippen molar-refractivity contribution in [2.75, 3.05) is 33.9 Å². The van der Waals surface area contributed by atoms with E-state index in [4.69, 9.17) is 14.0 Å². The Morgan fingerprint density at radius 1 is 1.06 bits per heavy atom. The van der Waals surface area contributed by atoms with E-state index in [1.165, 1.54) is 6.42 Å². The lowest BCUT2D eigenvalue weighted by molar-refractivity contribution is 0.0914. The summed E-state index contributed by atoms with van der Waals surface area (Å²) >= 11 is 0. The monoisotopic (exact) mass is 435 g/mol. The van der Waals surface area contributed by atoms with Crippen LogP contribution in [0, 0.1) is 0 Å². The summed E-state index contributed by atoms with van der Waals surface area (Å²) in [6.45, 7) is 2.38. The van der Waals surface area contributed by atoms with Crippen LogP contribution < -0.4 is 14.8 Å². The number of carbonyl (C=O) groups excluding carboxylic acids is 1. The minimum absolute atomic E-state index is 0.0372. The fourth-order valence-corrected chi connectivity index (χ4v) is 4.17. The van der Waals surface area contributed by atoms with Gasteiger partial charge in [-0.25, -0.2) is 0 Å². The van der Waals surface area contributed by atoms with Crippen LogP contribution in [0.4, 0.5) is 0 Å². The Bertz CT molecular complexity index is 1030. The van der Waals surface area contributed by atoms with E-state index in [2.05, 4.69) is 15.4 Å². The summed E-state index contributed by atoms with van der Waals surface area (Å²) in [4.78, 5) is 15.3. The van der Waals surface area contributed by atoms with Crippen molar-refractivity contribution in [1.29, 1.82) is 0 Å². The first-order valence-electron chi connectivity index (χ1n) is 11.0. The van der Waals surface area contributed by atoms with Crippen LogP contribution in [0.15, 0.2) is 59.1 Å². The molecule has 168 valence electrons. The number of piperidine rings is 1. The number of benzene rings is 2. The Morgan fingerprint density at radius 2 is 1.84 bits per heavy atom. The molecule has 0 unspecified atom stereocenters. The zero-order valence-corrected chi connectivity index (χ0v) is 18.5. The summed E-state index contributed by atoms with van der Waals surface area (Å²) in [6, 6.07) is 17.0. The van der Waals surface area contributed by atoms with Gasteiger partial charge in [-0.15, -0.1) is 0 Å². The Balaban J connectivity index is 1.53. The third-order valence-electron chi connectivity index (χ3n) is 5.88. The van der Waals surface area contributed by atoms with Crippen LogP contribution in [0.25, 0.3) is 11.3 Å². The molecule has 32 heavy (non-hydrogen) atoms. The van der Waals surface area contributed by atoms with Gasteiger partial charge in [-0.2, -0.15) is 0 Å². The summed E-state index contributed by atoms with van der Waals surface area (Å²) < 4.78 is 16.5. The number of aromatic nitrogens is 1. The number of rotatable bonds is 8. The standard InChI is InChI=1S/C25H29N3O4/c1-30-19-11-12-23(31-2)20(15-19)22(28-13-7-4-8-14-28)17-26-25(29)21-16-24(32-27-21)18-9-5-3-6-10-18/h3,5-6,9-12,15-16,22H,4,7-8,13-14,17H2,1-2H3,(H,26,29)/t22-/m1/s1. The number of hydrogen-bond donors (Lipinski definition) is 1. The normalized spacial score (nSPS) is 15.2. The molecule has 7 nitrogen and oxygen atoms in total. The van der Waals surface area contributed by atoms with E-state index < -0.39 is 0 Å². The van der Waals surface area contributed by atoms with Gasteiger partial charge in [0.2, 0.25) is 0 Å². The third kappa shape index (κ3) is 4.94. The molecule has 1 aliphatic rings. The smallest absolute Gasteiger partial charge is 0.273 e. The molecule has 1 aliphatic heterocycles. The Kier molecular flexibility index (Phi) is 7.07. The van der Waals surface area contributed by atoms with Gasteiger partial charge in [0.1, 0.15) is 11.5 Å². The molecule has 1 fully saturated rings. The van der Waals surface area contributed by atoms with E-state index in [9.17, 15) is 4.79 Å². The van der Waals surface area contributed by atoms with Gasteiger partial charge >= 0.3 is 0 Å². The van der Waals surface area contributed by atoms with Crippen LogP contribution in [0.2, 0.25) is 0 Å². The number of carbonyl (C=O) groups is 1. The molecule has 1 amide bonds. The van der Waals surface area contributed by atoms with Gasteiger partial charge in [0.25, 0.3) is 5.91 Å². The van der Waals surface area contributed by atoms with Crippen molar-refractivity contribution in [1.82, 2.24) is 15.4 Å². The Labute approximate surface area is 188 Å². The number of hydrogen-bond acceptors (Lipinski definition) is 6. The van der Waals surface area contributed by atoms with Crippen molar-refractivity contribution in [3.05, 3.63) is 65.9 Å². The van der Waals surface area contributed by atoms with E-state index in [1.807, 2.05) is 48.5 Å². The maximum atomic E-state index is 12.9.